The predicted octanol–water partition coefficient (Wildman–Crippen LogP) is 4.31. The van der Waals surface area contributed by atoms with Crippen LogP contribution < -0.4 is 10.6 Å². The van der Waals surface area contributed by atoms with E-state index in [1.54, 1.807) is 18.2 Å². The molecule has 2 saturated carbocycles. The number of carboxylic acids is 1. The number of likely N-dealkylation sites (N-methyl/N-ethyl adjacent to an activating group) is 1. The lowest BCUT2D eigenvalue weighted by molar-refractivity contribution is -0.148. The maximum Gasteiger partial charge on any atom is 0.309 e. The number of imidazole rings is 2. The summed E-state index contributed by atoms with van der Waals surface area (Å²) >= 11 is 14.0. The van der Waals surface area contributed by atoms with Crippen molar-refractivity contribution in [2.45, 2.75) is 69.1 Å². The molecule has 8 rings (SSSR count). The molecule has 0 saturated heterocycles. The maximum atomic E-state index is 14.4. The number of nitrogens with zero attached hydrogens (tertiary/aromatic N) is 6. The molecule has 2 aromatic heterocycles. The molecule has 274 valence electrons. The number of fused-ring (bicyclic) bond motifs is 4. The van der Waals surface area contributed by atoms with E-state index in [1.165, 1.54) is 0 Å². The number of amides is 2. The van der Waals surface area contributed by atoms with Gasteiger partial charge in [-0.3, -0.25) is 19.3 Å². The van der Waals surface area contributed by atoms with E-state index in [9.17, 15) is 19.5 Å². The molecule has 0 spiro atoms. The van der Waals surface area contributed by atoms with E-state index in [4.69, 9.17) is 33.2 Å². The molecule has 3 N–H and O–H groups in total. The third-order valence-corrected chi connectivity index (χ3v) is 13.2. The number of hydrogen-bond donors (Lipinski definition) is 3. The second-order valence-electron chi connectivity index (χ2n) is 15.6. The first-order valence-corrected chi connectivity index (χ1v) is 18.8. The zero-order chi connectivity index (χ0) is 36.6. The molecule has 12 nitrogen and oxygen atoms in total. The molecule has 2 atom stereocenters. The van der Waals surface area contributed by atoms with Crippen molar-refractivity contribution in [3.63, 3.8) is 0 Å². The summed E-state index contributed by atoms with van der Waals surface area (Å²) in [6, 6.07) is 7.33. The summed E-state index contributed by atoms with van der Waals surface area (Å²) in [6.45, 7) is 3.72. The van der Waals surface area contributed by atoms with Crippen molar-refractivity contribution in [2.24, 2.45) is 24.9 Å². The van der Waals surface area contributed by atoms with Gasteiger partial charge in [-0.2, -0.15) is 0 Å². The molecule has 0 radical (unpaired) electrons. The van der Waals surface area contributed by atoms with Gasteiger partial charge < -0.3 is 29.8 Å². The fourth-order valence-corrected chi connectivity index (χ4v) is 10.1. The van der Waals surface area contributed by atoms with Gasteiger partial charge in [-0.05, 0) is 67.8 Å². The van der Waals surface area contributed by atoms with Crippen molar-refractivity contribution in [3.8, 4) is 0 Å². The highest BCUT2D eigenvalue weighted by Gasteiger charge is 2.58. The van der Waals surface area contributed by atoms with Gasteiger partial charge in [0.05, 0.1) is 16.8 Å². The lowest BCUT2D eigenvalue weighted by Crippen LogP contribution is -2.65. The lowest BCUT2D eigenvalue weighted by Gasteiger charge is -2.39. The number of hydrogen-bond acceptors (Lipinski definition) is 7. The number of carbonyl (C=O) groups is 3. The van der Waals surface area contributed by atoms with E-state index in [-0.39, 0.29) is 17.1 Å². The molecule has 52 heavy (non-hydrogen) atoms. The summed E-state index contributed by atoms with van der Waals surface area (Å²) in [6.07, 6.45) is 10.9. The molecule has 4 heterocycles. The molecule has 5 aliphatic rings. The van der Waals surface area contributed by atoms with Gasteiger partial charge in [-0.15, -0.1) is 11.6 Å². The molecule has 3 aromatic rings. The van der Waals surface area contributed by atoms with Gasteiger partial charge in [-0.25, -0.2) is 9.97 Å². The normalized spacial score (nSPS) is 28.3. The van der Waals surface area contributed by atoms with E-state index in [0.717, 1.165) is 80.9 Å². The average molecular weight is 748 g/mol. The van der Waals surface area contributed by atoms with Gasteiger partial charge in [-0.1, -0.05) is 42.0 Å². The number of allylic oxidation sites excluding steroid dienone is 2. The number of rotatable bonds is 8. The lowest BCUT2D eigenvalue weighted by atomic mass is 9.81. The fraction of sp³-hybridized carbons (Fsp3) is 0.500. The van der Waals surface area contributed by atoms with Crippen LogP contribution in [0.4, 0.5) is 0 Å². The van der Waals surface area contributed by atoms with E-state index in [1.807, 2.05) is 54.6 Å². The monoisotopic (exact) mass is 746 g/mol. The first kappa shape index (κ1) is 35.1. The van der Waals surface area contributed by atoms with E-state index < -0.39 is 34.2 Å². The number of carbonyl (C=O) groups excluding carboxylic acids is 2. The zero-order valence-corrected chi connectivity index (χ0v) is 31.2. The third-order valence-electron chi connectivity index (χ3n) is 12.3. The summed E-state index contributed by atoms with van der Waals surface area (Å²) in [5.74, 6) is -1.17. The summed E-state index contributed by atoms with van der Waals surface area (Å²) in [7, 11) is 5.71. The Bertz CT molecular complexity index is 2040. The Morgan fingerprint density at radius 1 is 0.904 bits per heavy atom. The van der Waals surface area contributed by atoms with Crippen LogP contribution in [0.25, 0.3) is 5.57 Å². The van der Waals surface area contributed by atoms with Gasteiger partial charge in [0.2, 0.25) is 0 Å². The Morgan fingerprint density at radius 2 is 1.52 bits per heavy atom. The smallest absolute Gasteiger partial charge is 0.309 e. The largest absolute Gasteiger partial charge is 0.481 e. The van der Waals surface area contributed by atoms with Crippen LogP contribution in [0.3, 0.4) is 0 Å². The molecular formula is C38H44Cl2N8O4. The van der Waals surface area contributed by atoms with Gasteiger partial charge in [0.1, 0.15) is 5.38 Å². The van der Waals surface area contributed by atoms with Crippen LogP contribution in [0.1, 0.15) is 81.7 Å². The summed E-state index contributed by atoms with van der Waals surface area (Å²) in [5.41, 5.74) is 2.89. The van der Waals surface area contributed by atoms with Crippen molar-refractivity contribution in [1.29, 1.82) is 0 Å². The predicted molar refractivity (Wildman–Crippen MR) is 197 cm³/mol. The first-order chi connectivity index (χ1) is 24.8. The minimum absolute atomic E-state index is 0.0212. The van der Waals surface area contributed by atoms with Gasteiger partial charge >= 0.3 is 5.97 Å². The number of alkyl halides is 1. The number of halogens is 2. The summed E-state index contributed by atoms with van der Waals surface area (Å²) < 4.78 is 3.66. The standard InChI is InChI=1S/C38H44Cl2N8O4/c1-45-17-10-28-26(19-45)41-31(46(28)2)33(49)43-38(12-6-8-24(30(38)40)23-7-4-5-9-25(23)39)44-34(50)32-42-27-20-48(18-11-29(27)47(32)3)22-36-13-15-37(21-36,16-14-36)35(51)52/h4-9,12,30H,10-11,13-22H2,1-3H3,(H,43,49)(H,44,50)(H,51,52). The topological polar surface area (TPSA) is 138 Å². The van der Waals surface area contributed by atoms with Gasteiger partial charge in [0.15, 0.2) is 17.3 Å². The zero-order valence-electron chi connectivity index (χ0n) is 29.7. The van der Waals surface area contributed by atoms with E-state index in [2.05, 4.69) is 20.4 Å². The van der Waals surface area contributed by atoms with Crippen molar-refractivity contribution in [2.75, 3.05) is 26.7 Å². The van der Waals surface area contributed by atoms with E-state index >= 15 is 0 Å². The van der Waals surface area contributed by atoms with Crippen molar-refractivity contribution < 1.29 is 19.5 Å². The van der Waals surface area contributed by atoms with Crippen LogP contribution in [-0.4, -0.2) is 89.5 Å². The van der Waals surface area contributed by atoms with Gasteiger partial charge in [0, 0.05) is 76.1 Å². The molecule has 3 aliphatic carbocycles. The highest BCUT2D eigenvalue weighted by Crippen LogP contribution is 2.62. The molecular weight excluding hydrogens is 703 g/mol. The maximum absolute atomic E-state index is 14.4. The van der Waals surface area contributed by atoms with Crippen LogP contribution in [-0.2, 0) is 44.8 Å². The molecule has 14 heteroatoms. The quantitative estimate of drug-likeness (QED) is 0.229. The Labute approximate surface area is 312 Å². The minimum Gasteiger partial charge on any atom is -0.481 e. The second kappa shape index (κ2) is 12.9. The van der Waals surface area contributed by atoms with Gasteiger partial charge in [0.25, 0.3) is 11.8 Å². The Kier molecular flexibility index (Phi) is 8.67. The highest BCUT2D eigenvalue weighted by molar-refractivity contribution is 6.34. The number of benzene rings is 1. The Balaban J connectivity index is 1.07. The Morgan fingerprint density at radius 3 is 2.13 bits per heavy atom. The average Bonchev–Trinajstić information content (AvgIpc) is 3.86. The molecule has 2 aliphatic heterocycles. The van der Waals surface area contributed by atoms with Crippen LogP contribution >= 0.6 is 23.2 Å². The molecule has 2 fully saturated rings. The third kappa shape index (κ3) is 5.78. The number of aliphatic carboxylic acids is 1. The fourth-order valence-electron chi connectivity index (χ4n) is 9.46. The summed E-state index contributed by atoms with van der Waals surface area (Å²) in [5, 5.41) is 15.6. The van der Waals surface area contributed by atoms with Crippen molar-refractivity contribution in [1.82, 2.24) is 39.5 Å². The number of aromatic nitrogens is 4. The second-order valence-corrected chi connectivity index (χ2v) is 16.4. The van der Waals surface area contributed by atoms with Crippen LogP contribution in [0.2, 0.25) is 5.02 Å². The Hall–Kier alpha value is -3.97. The number of nitrogens with one attached hydrogen (secondary N) is 2. The first-order valence-electron chi connectivity index (χ1n) is 18.0. The molecule has 2 unspecified atom stereocenters. The summed E-state index contributed by atoms with van der Waals surface area (Å²) in [4.78, 5) is 54.7. The number of carboxylic acid groups (broad SMARTS) is 1. The van der Waals surface area contributed by atoms with Crippen LogP contribution in [0, 0.1) is 10.8 Å². The van der Waals surface area contributed by atoms with Crippen molar-refractivity contribution >= 4 is 46.6 Å². The molecule has 2 amide bonds. The minimum atomic E-state index is -1.57. The van der Waals surface area contributed by atoms with Crippen LogP contribution in [0.15, 0.2) is 42.5 Å². The molecule has 1 aromatic carbocycles. The highest BCUT2D eigenvalue weighted by atomic mass is 35.5. The van der Waals surface area contributed by atoms with Crippen LogP contribution in [0.5, 0.6) is 0 Å². The van der Waals surface area contributed by atoms with E-state index in [0.29, 0.717) is 35.7 Å². The molecule has 2 bridgehead atoms. The van der Waals surface area contributed by atoms with Crippen molar-refractivity contribution in [3.05, 3.63) is 87.5 Å². The SMILES string of the molecule is CN1CCc2c(nc(C(=O)NC3(NC(=O)c4nc5c(n4C)CCN(CC46CCC(C(=O)O)(CC4)C6)C5)C=CC=C(c4ccccc4Cl)C3Cl)n2C)C1.